The third-order valence-electron chi connectivity index (χ3n) is 6.24. The Balaban J connectivity index is 1.50. The van der Waals surface area contributed by atoms with Crippen LogP contribution in [0.4, 0.5) is 4.39 Å². The monoisotopic (exact) mass is 388 g/mol. The zero-order chi connectivity index (χ0) is 19.9. The molecule has 0 bridgehead atoms. The molecule has 150 valence electrons. The van der Waals surface area contributed by atoms with E-state index in [2.05, 4.69) is 22.1 Å². The first kappa shape index (κ1) is 18.9. The summed E-state index contributed by atoms with van der Waals surface area (Å²) in [5, 5.41) is 17.7. The van der Waals surface area contributed by atoms with E-state index in [1.807, 2.05) is 24.3 Å². The molecule has 3 atom stereocenters. The molecule has 2 heterocycles. The molecule has 1 aromatic carbocycles. The highest BCUT2D eigenvalue weighted by atomic mass is 19.1. The fourth-order valence-electron chi connectivity index (χ4n) is 4.60. The highest BCUT2D eigenvalue weighted by molar-refractivity contribution is 5.79. The lowest BCUT2D eigenvalue weighted by molar-refractivity contribution is -0.152. The van der Waals surface area contributed by atoms with Crippen LogP contribution in [0.25, 0.3) is 11.4 Å². The summed E-state index contributed by atoms with van der Waals surface area (Å²) in [6.07, 6.45) is 0.385. The fraction of sp³-hybridized carbons (Fsp3) is 0.550. The van der Waals surface area contributed by atoms with E-state index >= 15 is 0 Å². The van der Waals surface area contributed by atoms with Crippen molar-refractivity contribution in [1.82, 2.24) is 20.1 Å². The first-order valence-corrected chi connectivity index (χ1v) is 9.63. The van der Waals surface area contributed by atoms with E-state index in [1.165, 1.54) is 4.90 Å². The Morgan fingerprint density at radius 1 is 1.36 bits per heavy atom. The average Bonchev–Trinajstić information content (AvgIpc) is 3.35. The number of aliphatic hydroxyl groups is 1. The number of rotatable bonds is 5. The molecule has 8 heteroatoms. The van der Waals surface area contributed by atoms with Crippen LogP contribution in [0.1, 0.15) is 32.0 Å². The first-order chi connectivity index (χ1) is 13.4. The molecule has 1 aromatic heterocycles. The average molecular weight is 388 g/mol. The van der Waals surface area contributed by atoms with Gasteiger partial charge in [-0.1, -0.05) is 6.92 Å². The lowest BCUT2D eigenvalue weighted by Gasteiger charge is -2.40. The third-order valence-corrected chi connectivity index (χ3v) is 6.24. The van der Waals surface area contributed by atoms with E-state index in [1.54, 1.807) is 7.11 Å². The van der Waals surface area contributed by atoms with Crippen LogP contribution in [0.15, 0.2) is 24.3 Å². The minimum absolute atomic E-state index is 0.0550. The lowest BCUT2D eigenvalue weighted by Crippen LogP contribution is -2.48. The molecule has 1 saturated carbocycles. The highest BCUT2D eigenvalue weighted by Gasteiger charge is 2.56. The van der Waals surface area contributed by atoms with E-state index in [9.17, 15) is 9.18 Å². The predicted octanol–water partition coefficient (Wildman–Crippen LogP) is 2.28. The molecule has 1 amide bonds. The molecule has 1 aliphatic carbocycles. The van der Waals surface area contributed by atoms with Gasteiger partial charge in [0.25, 0.3) is 12.3 Å². The second kappa shape index (κ2) is 7.16. The maximum Gasteiger partial charge on any atom is 0.284 e. The Morgan fingerprint density at radius 3 is 2.64 bits per heavy atom. The predicted molar refractivity (Wildman–Crippen MR) is 100 cm³/mol. The highest BCUT2D eigenvalue weighted by Crippen LogP contribution is 2.57. The van der Waals surface area contributed by atoms with Crippen molar-refractivity contribution in [3.05, 3.63) is 30.1 Å². The number of H-pyrrole nitrogens is 1. The maximum atomic E-state index is 13.0. The lowest BCUT2D eigenvalue weighted by atomic mass is 9.74. The van der Waals surface area contributed by atoms with Gasteiger partial charge < -0.3 is 19.7 Å². The SMILES string of the molecule is COc1ccc(-c2nnc(C3([C@H]4CCN(C(=O)[C@H](O)F)C[C@H]4C)CC3)[nH]2)cc1. The van der Waals surface area contributed by atoms with Gasteiger partial charge in [0.05, 0.1) is 7.11 Å². The van der Waals surface area contributed by atoms with Crippen molar-refractivity contribution in [1.29, 1.82) is 0 Å². The number of methoxy groups -OCH3 is 1. The van der Waals surface area contributed by atoms with Gasteiger partial charge in [0.15, 0.2) is 5.82 Å². The Hall–Kier alpha value is -2.48. The van der Waals surface area contributed by atoms with Crippen molar-refractivity contribution in [2.75, 3.05) is 20.2 Å². The van der Waals surface area contributed by atoms with Gasteiger partial charge in [-0.25, -0.2) is 4.39 Å². The number of hydrogen-bond acceptors (Lipinski definition) is 5. The summed E-state index contributed by atoms with van der Waals surface area (Å²) in [7, 11) is 1.63. The van der Waals surface area contributed by atoms with Crippen LogP contribution in [-0.4, -0.2) is 57.7 Å². The molecule has 1 saturated heterocycles. The van der Waals surface area contributed by atoms with Crippen molar-refractivity contribution >= 4 is 5.91 Å². The number of benzene rings is 1. The van der Waals surface area contributed by atoms with Gasteiger partial charge in [0.1, 0.15) is 11.6 Å². The normalized spacial score (nSPS) is 24.6. The quantitative estimate of drug-likeness (QED) is 0.820. The van der Waals surface area contributed by atoms with E-state index in [0.29, 0.717) is 19.0 Å². The number of likely N-dealkylation sites (tertiary alicyclic amines) is 1. The van der Waals surface area contributed by atoms with Crippen molar-refractivity contribution < 1.29 is 19.0 Å². The largest absolute Gasteiger partial charge is 0.497 e. The second-order valence-electron chi connectivity index (χ2n) is 7.90. The number of alkyl halides is 1. The number of carbonyl (C=O) groups is 1. The number of amides is 1. The number of piperidine rings is 1. The van der Waals surface area contributed by atoms with Crippen LogP contribution in [0.3, 0.4) is 0 Å². The number of carbonyl (C=O) groups excluding carboxylic acids is 1. The van der Waals surface area contributed by atoms with Crippen molar-refractivity contribution in [2.45, 2.75) is 38.0 Å². The molecule has 1 aliphatic heterocycles. The molecule has 4 rings (SSSR count). The number of aromatic nitrogens is 3. The molecule has 28 heavy (non-hydrogen) atoms. The summed E-state index contributed by atoms with van der Waals surface area (Å²) < 4.78 is 18.2. The van der Waals surface area contributed by atoms with Gasteiger partial charge >= 0.3 is 0 Å². The summed E-state index contributed by atoms with van der Waals surface area (Å²) in [4.78, 5) is 16.6. The van der Waals surface area contributed by atoms with E-state index in [0.717, 1.165) is 42.2 Å². The zero-order valence-electron chi connectivity index (χ0n) is 16.1. The summed E-state index contributed by atoms with van der Waals surface area (Å²) in [5.41, 5.74) is 0.890. The van der Waals surface area contributed by atoms with Crippen molar-refractivity contribution in [2.24, 2.45) is 11.8 Å². The zero-order valence-corrected chi connectivity index (χ0v) is 16.1. The summed E-state index contributed by atoms with van der Waals surface area (Å²) >= 11 is 0. The topological polar surface area (TPSA) is 91.3 Å². The van der Waals surface area contributed by atoms with Crippen molar-refractivity contribution in [3.8, 4) is 17.1 Å². The fourth-order valence-corrected chi connectivity index (χ4v) is 4.60. The molecule has 0 spiro atoms. The summed E-state index contributed by atoms with van der Waals surface area (Å²) in [5.74, 6) is 2.09. The number of aromatic amines is 1. The molecule has 2 aliphatic rings. The van der Waals surface area contributed by atoms with Crippen molar-refractivity contribution in [3.63, 3.8) is 0 Å². The molecule has 0 unspecified atom stereocenters. The van der Waals surface area contributed by atoms with Crippen LogP contribution in [0.2, 0.25) is 0 Å². The number of ether oxygens (including phenoxy) is 1. The second-order valence-corrected chi connectivity index (χ2v) is 7.90. The number of nitrogens with zero attached hydrogens (tertiary/aromatic N) is 3. The Morgan fingerprint density at radius 2 is 2.07 bits per heavy atom. The van der Waals surface area contributed by atoms with Gasteiger partial charge in [-0.3, -0.25) is 4.79 Å². The molecular formula is C20H25FN4O3. The number of aliphatic hydroxyl groups excluding tert-OH is 1. The third kappa shape index (κ3) is 3.26. The van der Waals surface area contributed by atoms with Crippen LogP contribution < -0.4 is 4.74 Å². The molecule has 2 aromatic rings. The van der Waals surface area contributed by atoms with Crippen LogP contribution in [-0.2, 0) is 10.2 Å². The van der Waals surface area contributed by atoms with Crippen LogP contribution >= 0.6 is 0 Å². The Kier molecular flexibility index (Phi) is 4.82. The molecule has 7 nitrogen and oxygen atoms in total. The number of halogens is 1. The summed E-state index contributed by atoms with van der Waals surface area (Å²) in [6, 6.07) is 7.66. The molecule has 0 radical (unpaired) electrons. The molecule has 2 N–H and O–H groups in total. The van der Waals surface area contributed by atoms with Gasteiger partial charge in [0.2, 0.25) is 0 Å². The van der Waals surface area contributed by atoms with E-state index < -0.39 is 12.3 Å². The minimum atomic E-state index is -2.43. The number of nitrogens with one attached hydrogen (secondary N) is 1. The van der Waals surface area contributed by atoms with Gasteiger partial charge in [0, 0.05) is 24.1 Å². The molecular weight excluding hydrogens is 363 g/mol. The van der Waals surface area contributed by atoms with Gasteiger partial charge in [-0.15, -0.1) is 10.2 Å². The minimum Gasteiger partial charge on any atom is -0.497 e. The Labute approximate surface area is 162 Å². The molecule has 2 fully saturated rings. The first-order valence-electron chi connectivity index (χ1n) is 9.63. The van der Waals surface area contributed by atoms with Gasteiger partial charge in [-0.05, 0) is 55.4 Å². The maximum absolute atomic E-state index is 13.0. The number of hydrogen-bond donors (Lipinski definition) is 2. The van der Waals surface area contributed by atoms with Crippen LogP contribution in [0.5, 0.6) is 5.75 Å². The van der Waals surface area contributed by atoms with E-state index in [4.69, 9.17) is 9.84 Å². The van der Waals surface area contributed by atoms with E-state index in [-0.39, 0.29) is 11.3 Å². The standard InChI is InChI=1S/C20H25FN4O3/c1-12-11-25(18(27)16(21)26)10-7-15(12)20(8-9-20)19-22-17(23-24-19)13-3-5-14(28-2)6-4-13/h3-6,12,15-16,26H,7-11H2,1-2H3,(H,22,23,24)/t12-,15+,16+/m1/s1. The summed E-state index contributed by atoms with van der Waals surface area (Å²) in [6.45, 7) is 2.98. The smallest absolute Gasteiger partial charge is 0.284 e. The Bertz CT molecular complexity index is 847. The van der Waals surface area contributed by atoms with Crippen LogP contribution in [0, 0.1) is 11.8 Å². The van der Waals surface area contributed by atoms with Gasteiger partial charge in [-0.2, -0.15) is 0 Å².